The molecule has 2 aromatic rings. The van der Waals surface area contributed by atoms with Crippen LogP contribution in [-0.4, -0.2) is 29.2 Å². The number of amides is 1. The standard InChI is InChI=1S/C17H17N3OS/c18-10-11-22-16-15(12-6-2-1-3-7-12)19-13-8-4-5-9-14(13)20-17(16)21/h1-9,16H,10-11,18H2,(H,20,21)/t16-/m0/s1. The lowest BCUT2D eigenvalue weighted by Gasteiger charge is -2.16. The molecule has 0 aromatic heterocycles. The first-order valence-electron chi connectivity index (χ1n) is 7.15. The molecule has 1 atom stereocenters. The van der Waals surface area contributed by atoms with Crippen LogP contribution in [0.25, 0.3) is 0 Å². The van der Waals surface area contributed by atoms with Gasteiger partial charge in [-0.05, 0) is 17.7 Å². The Kier molecular flexibility index (Phi) is 4.56. The minimum atomic E-state index is -0.363. The van der Waals surface area contributed by atoms with Gasteiger partial charge >= 0.3 is 0 Å². The molecule has 0 spiro atoms. The van der Waals surface area contributed by atoms with Gasteiger partial charge in [-0.15, -0.1) is 11.8 Å². The van der Waals surface area contributed by atoms with Crippen molar-refractivity contribution in [3.8, 4) is 0 Å². The maximum atomic E-state index is 12.6. The molecule has 112 valence electrons. The van der Waals surface area contributed by atoms with E-state index in [0.717, 1.165) is 22.6 Å². The number of para-hydroxylation sites is 2. The minimum absolute atomic E-state index is 0.0500. The van der Waals surface area contributed by atoms with Gasteiger partial charge in [-0.2, -0.15) is 0 Å². The van der Waals surface area contributed by atoms with Crippen molar-refractivity contribution < 1.29 is 4.79 Å². The van der Waals surface area contributed by atoms with Gasteiger partial charge in [-0.3, -0.25) is 4.79 Å². The molecule has 0 unspecified atom stereocenters. The van der Waals surface area contributed by atoms with Crippen LogP contribution in [0.3, 0.4) is 0 Å². The van der Waals surface area contributed by atoms with Gasteiger partial charge in [-0.25, -0.2) is 4.99 Å². The number of benzene rings is 2. The molecule has 1 aliphatic rings. The minimum Gasteiger partial charge on any atom is -0.330 e. The summed E-state index contributed by atoms with van der Waals surface area (Å²) in [5, 5.41) is 2.60. The molecule has 4 nitrogen and oxygen atoms in total. The van der Waals surface area contributed by atoms with Crippen molar-refractivity contribution in [3.63, 3.8) is 0 Å². The third-order valence-electron chi connectivity index (χ3n) is 3.36. The van der Waals surface area contributed by atoms with Gasteiger partial charge in [0.2, 0.25) is 5.91 Å². The summed E-state index contributed by atoms with van der Waals surface area (Å²) in [7, 11) is 0. The van der Waals surface area contributed by atoms with Gasteiger partial charge in [-0.1, -0.05) is 42.5 Å². The van der Waals surface area contributed by atoms with E-state index < -0.39 is 0 Å². The van der Waals surface area contributed by atoms with Gasteiger partial charge in [0, 0.05) is 12.3 Å². The highest BCUT2D eigenvalue weighted by molar-refractivity contribution is 8.01. The number of carbonyl (C=O) groups excluding carboxylic acids is 1. The third kappa shape index (κ3) is 3.05. The van der Waals surface area contributed by atoms with Gasteiger partial charge in [0.1, 0.15) is 5.25 Å². The van der Waals surface area contributed by atoms with Crippen LogP contribution in [-0.2, 0) is 4.79 Å². The Morgan fingerprint density at radius 2 is 1.82 bits per heavy atom. The van der Waals surface area contributed by atoms with Crippen LogP contribution in [0.2, 0.25) is 0 Å². The SMILES string of the molecule is NCCS[C@@H]1C(=O)Nc2ccccc2N=C1c1ccccc1. The second kappa shape index (κ2) is 6.77. The zero-order chi connectivity index (χ0) is 15.4. The summed E-state index contributed by atoms with van der Waals surface area (Å²) < 4.78 is 0. The number of anilines is 1. The molecule has 0 saturated carbocycles. The number of fused-ring (bicyclic) bond motifs is 1. The van der Waals surface area contributed by atoms with E-state index in [0.29, 0.717) is 12.3 Å². The second-order valence-corrected chi connectivity index (χ2v) is 6.12. The number of aliphatic imine (C=N–C) groups is 1. The van der Waals surface area contributed by atoms with E-state index in [2.05, 4.69) is 5.32 Å². The van der Waals surface area contributed by atoms with E-state index in [1.54, 1.807) is 0 Å². The molecular weight excluding hydrogens is 294 g/mol. The lowest BCUT2D eigenvalue weighted by molar-refractivity contribution is -0.114. The Labute approximate surface area is 133 Å². The third-order valence-corrected chi connectivity index (χ3v) is 4.60. The maximum absolute atomic E-state index is 12.6. The number of hydrogen-bond acceptors (Lipinski definition) is 4. The Morgan fingerprint density at radius 3 is 2.59 bits per heavy atom. The molecular formula is C17H17N3OS. The quantitative estimate of drug-likeness (QED) is 0.912. The van der Waals surface area contributed by atoms with Crippen molar-refractivity contribution in [1.82, 2.24) is 0 Å². The van der Waals surface area contributed by atoms with E-state index in [1.165, 1.54) is 11.8 Å². The molecule has 2 aromatic carbocycles. The maximum Gasteiger partial charge on any atom is 0.243 e. The molecule has 0 radical (unpaired) electrons. The topological polar surface area (TPSA) is 67.5 Å². The van der Waals surface area contributed by atoms with Crippen LogP contribution in [0.1, 0.15) is 5.56 Å². The number of nitrogens with one attached hydrogen (secondary N) is 1. The number of nitrogens with zero attached hydrogens (tertiary/aromatic N) is 1. The Hall–Kier alpha value is -2.11. The lowest BCUT2D eigenvalue weighted by atomic mass is 10.1. The average molecular weight is 311 g/mol. The van der Waals surface area contributed by atoms with E-state index >= 15 is 0 Å². The molecule has 1 heterocycles. The fourth-order valence-corrected chi connectivity index (χ4v) is 3.28. The van der Waals surface area contributed by atoms with Crippen LogP contribution in [0.4, 0.5) is 11.4 Å². The lowest BCUT2D eigenvalue weighted by Crippen LogP contribution is -2.32. The summed E-state index contributed by atoms with van der Waals surface area (Å²) in [6.45, 7) is 0.531. The number of rotatable bonds is 4. The zero-order valence-electron chi connectivity index (χ0n) is 12.0. The van der Waals surface area contributed by atoms with Gasteiger partial charge in [0.15, 0.2) is 0 Å². The summed E-state index contributed by atoms with van der Waals surface area (Å²) in [4.78, 5) is 17.4. The second-order valence-electron chi connectivity index (χ2n) is 4.91. The van der Waals surface area contributed by atoms with Crippen LogP contribution < -0.4 is 11.1 Å². The molecule has 0 saturated heterocycles. The molecule has 1 aliphatic heterocycles. The monoisotopic (exact) mass is 311 g/mol. The summed E-state index contributed by atoms with van der Waals surface area (Å²) >= 11 is 1.52. The van der Waals surface area contributed by atoms with Crippen molar-refractivity contribution >= 4 is 34.8 Å². The number of hydrogen-bond donors (Lipinski definition) is 2. The highest BCUT2D eigenvalue weighted by Crippen LogP contribution is 2.31. The van der Waals surface area contributed by atoms with Crippen molar-refractivity contribution in [2.45, 2.75) is 5.25 Å². The Morgan fingerprint density at radius 1 is 1.09 bits per heavy atom. The van der Waals surface area contributed by atoms with Crippen LogP contribution in [0, 0.1) is 0 Å². The van der Waals surface area contributed by atoms with Crippen molar-refractivity contribution in [2.24, 2.45) is 10.7 Å². The molecule has 1 amide bonds. The summed E-state index contributed by atoms with van der Waals surface area (Å²) in [6.07, 6.45) is 0. The van der Waals surface area contributed by atoms with Crippen LogP contribution >= 0.6 is 11.8 Å². The van der Waals surface area contributed by atoms with Crippen molar-refractivity contribution in [2.75, 3.05) is 17.6 Å². The largest absolute Gasteiger partial charge is 0.330 e. The first-order valence-corrected chi connectivity index (χ1v) is 8.20. The molecule has 3 rings (SSSR count). The van der Waals surface area contributed by atoms with Crippen molar-refractivity contribution in [1.29, 1.82) is 0 Å². The molecule has 3 N–H and O–H groups in total. The van der Waals surface area contributed by atoms with Crippen molar-refractivity contribution in [3.05, 3.63) is 60.2 Å². The van der Waals surface area contributed by atoms with Crippen LogP contribution in [0.15, 0.2) is 59.6 Å². The highest BCUT2D eigenvalue weighted by Gasteiger charge is 2.29. The van der Waals surface area contributed by atoms with E-state index in [-0.39, 0.29) is 11.2 Å². The van der Waals surface area contributed by atoms with Gasteiger partial charge in [0.25, 0.3) is 0 Å². The smallest absolute Gasteiger partial charge is 0.243 e. The summed E-state index contributed by atoms with van der Waals surface area (Å²) in [6, 6.07) is 17.4. The Balaban J connectivity index is 2.09. The first-order chi connectivity index (χ1) is 10.8. The molecule has 0 bridgehead atoms. The number of nitrogens with two attached hydrogens (primary N) is 1. The van der Waals surface area contributed by atoms with Gasteiger partial charge in [0.05, 0.1) is 17.1 Å². The van der Waals surface area contributed by atoms with Crippen LogP contribution in [0.5, 0.6) is 0 Å². The molecule has 0 aliphatic carbocycles. The highest BCUT2D eigenvalue weighted by atomic mass is 32.2. The summed E-state index contributed by atoms with van der Waals surface area (Å²) in [5.74, 6) is 0.659. The fraction of sp³-hybridized carbons (Fsp3) is 0.176. The first kappa shape index (κ1) is 14.8. The normalized spacial score (nSPS) is 17.2. The Bertz CT molecular complexity index is 700. The summed E-state index contributed by atoms with van der Waals surface area (Å²) in [5.41, 5.74) is 8.88. The predicted octanol–water partition coefficient (Wildman–Crippen LogP) is 2.82. The van der Waals surface area contributed by atoms with E-state index in [1.807, 2.05) is 54.6 Å². The molecule has 5 heteroatoms. The molecule has 22 heavy (non-hydrogen) atoms. The number of carbonyl (C=O) groups is 1. The average Bonchev–Trinajstić information content (AvgIpc) is 2.70. The zero-order valence-corrected chi connectivity index (χ0v) is 12.8. The number of thioether (sulfide) groups is 1. The van der Waals surface area contributed by atoms with E-state index in [4.69, 9.17) is 10.7 Å². The predicted molar refractivity (Wildman–Crippen MR) is 93.0 cm³/mol. The van der Waals surface area contributed by atoms with Gasteiger partial charge < -0.3 is 11.1 Å². The van der Waals surface area contributed by atoms with E-state index in [9.17, 15) is 4.79 Å². The molecule has 0 fully saturated rings. The fourth-order valence-electron chi connectivity index (χ4n) is 2.35.